The Hall–Kier alpha value is -6.58. The Bertz CT molecular complexity index is 2830. The normalized spacial score (nSPS) is 11.7. The van der Waals surface area contributed by atoms with Gasteiger partial charge >= 0.3 is 0 Å². The first-order valence-corrected chi connectivity index (χ1v) is 16.6. The van der Waals surface area contributed by atoms with E-state index in [2.05, 4.69) is 157 Å². The Morgan fingerprint density at radius 3 is 1.84 bits per heavy atom. The maximum atomic E-state index is 6.35. The Morgan fingerprint density at radius 2 is 0.959 bits per heavy atom. The van der Waals surface area contributed by atoms with Gasteiger partial charge in [0.2, 0.25) is 0 Å². The molecule has 3 heteroatoms. The number of furan rings is 2. The van der Waals surface area contributed by atoms with Gasteiger partial charge in [-0.05, 0) is 93.7 Å². The van der Waals surface area contributed by atoms with Gasteiger partial charge in [-0.15, -0.1) is 0 Å². The summed E-state index contributed by atoms with van der Waals surface area (Å²) in [5.41, 5.74) is 11.3. The Kier molecular flexibility index (Phi) is 6.18. The average Bonchev–Trinajstić information content (AvgIpc) is 3.74. The van der Waals surface area contributed by atoms with Crippen LogP contribution in [0.25, 0.3) is 76.9 Å². The van der Waals surface area contributed by atoms with Crippen molar-refractivity contribution in [2.45, 2.75) is 0 Å². The molecule has 3 nitrogen and oxygen atoms in total. The van der Waals surface area contributed by atoms with E-state index in [1.54, 1.807) is 0 Å². The highest BCUT2D eigenvalue weighted by molar-refractivity contribution is 6.13. The number of benzene rings is 8. The lowest BCUT2D eigenvalue weighted by Gasteiger charge is -2.27. The van der Waals surface area contributed by atoms with Gasteiger partial charge in [-0.1, -0.05) is 115 Å². The molecule has 0 saturated heterocycles. The number of hydrogen-bond donors (Lipinski definition) is 0. The van der Waals surface area contributed by atoms with Crippen molar-refractivity contribution < 1.29 is 8.83 Å². The van der Waals surface area contributed by atoms with Gasteiger partial charge in [-0.2, -0.15) is 0 Å². The molecule has 0 N–H and O–H groups in total. The van der Waals surface area contributed by atoms with E-state index in [0.717, 1.165) is 72.1 Å². The summed E-state index contributed by atoms with van der Waals surface area (Å²) in [6.45, 7) is 0. The van der Waals surface area contributed by atoms with Crippen molar-refractivity contribution in [3.05, 3.63) is 176 Å². The molecule has 0 saturated carbocycles. The maximum Gasteiger partial charge on any atom is 0.137 e. The molecule has 10 aromatic rings. The molecule has 0 atom stereocenters. The summed E-state index contributed by atoms with van der Waals surface area (Å²) in [4.78, 5) is 2.35. The molecule has 0 spiro atoms. The van der Waals surface area contributed by atoms with Gasteiger partial charge in [0.05, 0.1) is 11.1 Å². The summed E-state index contributed by atoms with van der Waals surface area (Å²) in [5.74, 6) is 0. The number of fused-ring (bicyclic) bond motifs is 7. The van der Waals surface area contributed by atoms with E-state index in [1.807, 2.05) is 24.3 Å². The van der Waals surface area contributed by atoms with E-state index in [1.165, 1.54) is 21.9 Å². The van der Waals surface area contributed by atoms with Crippen LogP contribution < -0.4 is 4.90 Å². The van der Waals surface area contributed by atoms with E-state index < -0.39 is 0 Å². The molecular formula is C46H29NO2. The summed E-state index contributed by atoms with van der Waals surface area (Å²) < 4.78 is 12.6. The Labute approximate surface area is 282 Å². The van der Waals surface area contributed by atoms with Crippen molar-refractivity contribution in [3.63, 3.8) is 0 Å². The van der Waals surface area contributed by atoms with Crippen LogP contribution in [0.3, 0.4) is 0 Å². The minimum absolute atomic E-state index is 0.863. The summed E-state index contributed by atoms with van der Waals surface area (Å²) in [6, 6.07) is 62.1. The standard InChI is InChI=1S/C46H29NO2/c1-2-14-36-30(10-1)11-8-17-37(36)31-22-25-34(26-23-31)47(41-18-9-21-44-46(41)40-16-4-6-20-43(40)48-44)35-13-7-12-32(28-35)33-24-27-39-38-15-3-5-19-42(38)49-45(39)29-33/h1-29H. The van der Waals surface area contributed by atoms with Crippen LogP contribution in [-0.2, 0) is 0 Å². The highest BCUT2D eigenvalue weighted by Crippen LogP contribution is 2.44. The molecule has 0 aliphatic heterocycles. The molecular weight excluding hydrogens is 599 g/mol. The molecule has 0 unspecified atom stereocenters. The van der Waals surface area contributed by atoms with Crippen LogP contribution in [0.15, 0.2) is 185 Å². The molecule has 0 amide bonds. The van der Waals surface area contributed by atoms with Crippen LogP contribution in [0, 0.1) is 0 Å². The molecule has 0 bridgehead atoms. The van der Waals surface area contributed by atoms with Gasteiger partial charge in [0.1, 0.15) is 22.3 Å². The quantitative estimate of drug-likeness (QED) is 0.190. The van der Waals surface area contributed by atoms with Gasteiger partial charge in [0, 0.05) is 27.5 Å². The summed E-state index contributed by atoms with van der Waals surface area (Å²) >= 11 is 0. The number of hydrogen-bond acceptors (Lipinski definition) is 3. The Balaban J connectivity index is 1.15. The monoisotopic (exact) mass is 627 g/mol. The van der Waals surface area contributed by atoms with Gasteiger partial charge in [0.15, 0.2) is 0 Å². The summed E-state index contributed by atoms with van der Waals surface area (Å²) in [5, 5.41) is 6.93. The van der Waals surface area contributed by atoms with Gasteiger partial charge in [-0.25, -0.2) is 0 Å². The zero-order valence-corrected chi connectivity index (χ0v) is 26.5. The first kappa shape index (κ1) is 27.5. The maximum absolute atomic E-state index is 6.35. The lowest BCUT2D eigenvalue weighted by molar-refractivity contribution is 0.668. The van der Waals surface area contributed by atoms with Gasteiger partial charge < -0.3 is 13.7 Å². The molecule has 0 fully saturated rings. The van der Waals surface area contributed by atoms with Crippen LogP contribution in [0.5, 0.6) is 0 Å². The fourth-order valence-electron chi connectivity index (χ4n) is 7.37. The smallest absolute Gasteiger partial charge is 0.137 e. The second-order valence-electron chi connectivity index (χ2n) is 12.5. The lowest BCUT2D eigenvalue weighted by atomic mass is 9.98. The van der Waals surface area contributed by atoms with Crippen molar-refractivity contribution in [1.82, 2.24) is 0 Å². The average molecular weight is 628 g/mol. The Morgan fingerprint density at radius 1 is 0.347 bits per heavy atom. The summed E-state index contributed by atoms with van der Waals surface area (Å²) in [6.07, 6.45) is 0. The van der Waals surface area contributed by atoms with E-state index >= 15 is 0 Å². The first-order chi connectivity index (χ1) is 24.3. The van der Waals surface area contributed by atoms with E-state index in [4.69, 9.17) is 8.83 Å². The molecule has 0 aliphatic carbocycles. The third-order valence-corrected chi connectivity index (χ3v) is 9.66. The minimum Gasteiger partial charge on any atom is -0.456 e. The lowest BCUT2D eigenvalue weighted by Crippen LogP contribution is -2.10. The minimum atomic E-state index is 0.863. The van der Waals surface area contributed by atoms with Gasteiger partial charge in [-0.3, -0.25) is 0 Å². The zero-order chi connectivity index (χ0) is 32.3. The molecule has 2 heterocycles. The van der Waals surface area contributed by atoms with Crippen LogP contribution in [0.4, 0.5) is 17.1 Å². The zero-order valence-electron chi connectivity index (χ0n) is 26.5. The second kappa shape index (κ2) is 11.0. The first-order valence-electron chi connectivity index (χ1n) is 16.6. The molecule has 0 aliphatic rings. The third kappa shape index (κ3) is 4.51. The van der Waals surface area contributed by atoms with E-state index in [0.29, 0.717) is 0 Å². The number of para-hydroxylation sites is 2. The fraction of sp³-hybridized carbons (Fsp3) is 0. The topological polar surface area (TPSA) is 29.5 Å². The van der Waals surface area contributed by atoms with Crippen molar-refractivity contribution in [2.75, 3.05) is 4.90 Å². The second-order valence-corrected chi connectivity index (χ2v) is 12.5. The van der Waals surface area contributed by atoms with E-state index in [-0.39, 0.29) is 0 Å². The van der Waals surface area contributed by atoms with Crippen molar-refractivity contribution in [2.24, 2.45) is 0 Å². The SMILES string of the molecule is c1cc(-c2ccc3c(c2)oc2ccccc23)cc(N(c2ccc(-c3cccc4ccccc34)cc2)c2cccc3oc4ccccc4c23)c1. The molecule has 49 heavy (non-hydrogen) atoms. The highest BCUT2D eigenvalue weighted by Gasteiger charge is 2.20. The molecule has 8 aromatic carbocycles. The van der Waals surface area contributed by atoms with Crippen LogP contribution >= 0.6 is 0 Å². The number of nitrogens with zero attached hydrogens (tertiary/aromatic N) is 1. The molecule has 230 valence electrons. The van der Waals surface area contributed by atoms with Crippen LogP contribution in [-0.4, -0.2) is 0 Å². The van der Waals surface area contributed by atoms with Crippen molar-refractivity contribution >= 4 is 71.7 Å². The third-order valence-electron chi connectivity index (χ3n) is 9.66. The number of anilines is 3. The fourth-order valence-corrected chi connectivity index (χ4v) is 7.37. The number of rotatable bonds is 5. The van der Waals surface area contributed by atoms with E-state index in [9.17, 15) is 0 Å². The van der Waals surface area contributed by atoms with Crippen molar-refractivity contribution in [1.29, 1.82) is 0 Å². The van der Waals surface area contributed by atoms with Crippen LogP contribution in [0.1, 0.15) is 0 Å². The molecule has 2 aromatic heterocycles. The predicted molar refractivity (Wildman–Crippen MR) is 204 cm³/mol. The molecule has 0 radical (unpaired) electrons. The van der Waals surface area contributed by atoms with Gasteiger partial charge in [0.25, 0.3) is 0 Å². The predicted octanol–water partition coefficient (Wildman–Crippen LogP) is 13.4. The van der Waals surface area contributed by atoms with Crippen LogP contribution in [0.2, 0.25) is 0 Å². The summed E-state index contributed by atoms with van der Waals surface area (Å²) in [7, 11) is 0. The largest absolute Gasteiger partial charge is 0.456 e. The highest BCUT2D eigenvalue weighted by atomic mass is 16.3. The molecule has 10 rings (SSSR count). The van der Waals surface area contributed by atoms with Crippen molar-refractivity contribution in [3.8, 4) is 22.3 Å².